The van der Waals surface area contributed by atoms with Crippen LogP contribution in [0.5, 0.6) is 5.75 Å². The van der Waals surface area contributed by atoms with Crippen molar-refractivity contribution in [2.75, 3.05) is 39.3 Å². The zero-order valence-electron chi connectivity index (χ0n) is 29.4. The molecule has 10 heteroatoms. The van der Waals surface area contributed by atoms with Crippen LogP contribution in [0, 0.1) is 5.41 Å². The van der Waals surface area contributed by atoms with Crippen molar-refractivity contribution in [3.8, 4) is 5.75 Å². The molecule has 260 valence electrons. The van der Waals surface area contributed by atoms with Gasteiger partial charge in [0, 0.05) is 79.2 Å². The lowest BCUT2D eigenvalue weighted by Crippen LogP contribution is -2.81. The van der Waals surface area contributed by atoms with Crippen LogP contribution in [-0.2, 0) is 31.5 Å². The number of rotatable bonds is 7. The molecular weight excluding hydrogens is 632 g/mol. The fraction of sp³-hybridized carbons (Fsp3) is 0.425. The molecule has 50 heavy (non-hydrogen) atoms. The maximum atomic E-state index is 14.2. The van der Waals surface area contributed by atoms with Crippen molar-refractivity contribution in [1.29, 1.82) is 0 Å². The molecule has 0 amide bonds. The number of hydrogen-bond donors (Lipinski definition) is 1. The Morgan fingerprint density at radius 2 is 1.84 bits per heavy atom. The lowest BCUT2D eigenvalue weighted by atomic mass is 9.47. The zero-order chi connectivity index (χ0) is 35.2. The molecule has 10 nitrogen and oxygen atoms in total. The molecule has 4 aromatic rings. The quantitative estimate of drug-likeness (QED) is 0.220. The molecule has 2 aromatic carbocycles. The number of nitrogens with zero attached hydrogens (tertiary/aromatic N) is 4. The maximum Gasteiger partial charge on any atom is 0.344 e. The van der Waals surface area contributed by atoms with Gasteiger partial charge in [-0.25, -0.2) is 4.79 Å². The fourth-order valence-corrected chi connectivity index (χ4v) is 10.6. The Balaban J connectivity index is 1.43. The van der Waals surface area contributed by atoms with E-state index in [1.54, 1.807) is 7.11 Å². The number of aliphatic hydroxyl groups is 1. The van der Waals surface area contributed by atoms with Crippen molar-refractivity contribution >= 4 is 28.5 Å². The molecule has 7 atom stereocenters. The number of esters is 2. The third-order valence-corrected chi connectivity index (χ3v) is 12.3. The van der Waals surface area contributed by atoms with Gasteiger partial charge in [0.2, 0.25) is 5.60 Å². The van der Waals surface area contributed by atoms with Gasteiger partial charge in [-0.3, -0.25) is 14.7 Å². The first-order valence-corrected chi connectivity index (χ1v) is 17.4. The largest absolute Gasteiger partial charge is 0.496 e. The number of benzene rings is 2. The standard InChI is InChI=1S/C40H44N4O6/c1-7-38-16-12-19-44-20-17-39(34(38)44)27-22-26(33(28-14-10-11-18-41-28)31-21-25-13-8-9-15-29(25)42(31)3)32(48-5)23-30(27)43(4)35(39)40(47,37(46)49-6)36(38)50-24(2)45/h8-16,18,21-23,33-36,47H,7,17,19-20H2,1-6H3/t33-,34-,35-,36+,38+,39+,40+/m0/s1. The Kier molecular flexibility index (Phi) is 7.44. The molecule has 1 saturated heterocycles. The Morgan fingerprint density at radius 1 is 1.06 bits per heavy atom. The van der Waals surface area contributed by atoms with Crippen molar-refractivity contribution < 1.29 is 28.9 Å². The Bertz CT molecular complexity index is 2040. The maximum absolute atomic E-state index is 14.2. The normalized spacial score (nSPS) is 30.1. The molecule has 3 aliphatic heterocycles. The van der Waals surface area contributed by atoms with Gasteiger partial charge in [0.25, 0.3) is 0 Å². The van der Waals surface area contributed by atoms with Gasteiger partial charge >= 0.3 is 11.9 Å². The van der Waals surface area contributed by atoms with E-state index in [0.29, 0.717) is 18.6 Å². The lowest BCUT2D eigenvalue weighted by molar-refractivity contribution is -0.228. The van der Waals surface area contributed by atoms with Gasteiger partial charge in [-0.05, 0) is 60.7 Å². The third kappa shape index (κ3) is 4.06. The molecule has 5 heterocycles. The van der Waals surface area contributed by atoms with Crippen molar-refractivity contribution in [2.24, 2.45) is 12.5 Å². The number of para-hydroxylation sites is 1. The van der Waals surface area contributed by atoms with Gasteiger partial charge in [-0.1, -0.05) is 43.3 Å². The topological polar surface area (TPSA) is 106 Å². The number of likely N-dealkylation sites (N-methyl/N-ethyl adjacent to an activating group) is 1. The van der Waals surface area contributed by atoms with Crippen LogP contribution >= 0.6 is 0 Å². The molecule has 1 aliphatic carbocycles. The number of ether oxygens (including phenoxy) is 3. The Morgan fingerprint density at radius 3 is 2.52 bits per heavy atom. The van der Waals surface area contributed by atoms with Crippen LogP contribution in [0.4, 0.5) is 5.69 Å². The molecule has 0 radical (unpaired) electrons. The highest BCUT2D eigenvalue weighted by molar-refractivity contribution is 5.87. The average Bonchev–Trinajstić information content (AvgIpc) is 3.76. The summed E-state index contributed by atoms with van der Waals surface area (Å²) in [5.74, 6) is -1.00. The van der Waals surface area contributed by atoms with Crippen LogP contribution in [0.15, 0.2) is 79.0 Å². The van der Waals surface area contributed by atoms with Crippen molar-refractivity contribution in [3.05, 3.63) is 102 Å². The average molecular weight is 677 g/mol. The molecular formula is C40H44N4O6. The monoisotopic (exact) mass is 676 g/mol. The third-order valence-electron chi connectivity index (χ3n) is 12.3. The summed E-state index contributed by atoms with van der Waals surface area (Å²) in [6, 6.07) is 19.8. The number of carbonyl (C=O) groups is 2. The Labute approximate surface area is 292 Å². The number of fused-ring (bicyclic) bond motifs is 2. The summed E-state index contributed by atoms with van der Waals surface area (Å²) in [5, 5.41) is 14.2. The predicted octanol–water partition coefficient (Wildman–Crippen LogP) is 4.71. The second kappa shape index (κ2) is 11.4. The van der Waals surface area contributed by atoms with E-state index in [1.165, 1.54) is 14.0 Å². The highest BCUT2D eigenvalue weighted by atomic mass is 16.6. The molecule has 1 N–H and O–H groups in total. The summed E-state index contributed by atoms with van der Waals surface area (Å²) in [6.45, 7) is 4.85. The SMILES string of the molecule is CC[C@]12C=CCN3CC[C@@]4(c5cc([C@@H](c6ccccn6)c6cc7ccccc7n6C)c(OC)cc5N(C)[C@@H]4[C@](O)(C(=O)OC)[C@@H]1OC(C)=O)[C@@H]32. The van der Waals surface area contributed by atoms with E-state index in [-0.39, 0.29) is 12.0 Å². The second-order valence-corrected chi connectivity index (χ2v) is 14.4. The van der Waals surface area contributed by atoms with Crippen LogP contribution in [0.2, 0.25) is 0 Å². The summed E-state index contributed by atoms with van der Waals surface area (Å²) >= 11 is 0. The first-order valence-electron chi connectivity index (χ1n) is 17.4. The number of methoxy groups -OCH3 is 2. The van der Waals surface area contributed by atoms with Crippen molar-refractivity contribution in [1.82, 2.24) is 14.5 Å². The molecule has 2 aromatic heterocycles. The van der Waals surface area contributed by atoms with Crippen LogP contribution in [0.1, 0.15) is 55.1 Å². The van der Waals surface area contributed by atoms with Crippen molar-refractivity contribution in [3.63, 3.8) is 0 Å². The number of pyridine rings is 1. The van der Waals surface area contributed by atoms with Gasteiger partial charge < -0.3 is 28.8 Å². The molecule has 0 unspecified atom stereocenters. The summed E-state index contributed by atoms with van der Waals surface area (Å²) in [4.78, 5) is 36.3. The first-order chi connectivity index (χ1) is 24.1. The minimum absolute atomic E-state index is 0.180. The van der Waals surface area contributed by atoms with Gasteiger partial charge in [-0.2, -0.15) is 0 Å². The molecule has 1 saturated carbocycles. The number of aryl methyl sites for hydroxylation is 1. The second-order valence-electron chi connectivity index (χ2n) is 14.4. The number of anilines is 1. The summed E-state index contributed by atoms with van der Waals surface area (Å²) in [5.41, 5.74) is 2.07. The molecule has 0 bridgehead atoms. The number of aromatic nitrogens is 2. The van der Waals surface area contributed by atoms with Gasteiger partial charge in [0.15, 0.2) is 6.10 Å². The van der Waals surface area contributed by atoms with Gasteiger partial charge in [-0.15, -0.1) is 0 Å². The van der Waals surface area contributed by atoms with E-state index in [9.17, 15) is 14.7 Å². The molecule has 4 aliphatic rings. The van der Waals surface area contributed by atoms with E-state index in [4.69, 9.17) is 19.2 Å². The van der Waals surface area contributed by atoms with Crippen LogP contribution in [0.25, 0.3) is 10.9 Å². The van der Waals surface area contributed by atoms with Gasteiger partial charge in [0.05, 0.1) is 31.9 Å². The highest BCUT2D eigenvalue weighted by Gasteiger charge is 2.80. The Hall–Kier alpha value is -4.67. The minimum Gasteiger partial charge on any atom is -0.496 e. The van der Waals surface area contributed by atoms with Crippen molar-refractivity contribution in [2.45, 2.75) is 61.8 Å². The van der Waals surface area contributed by atoms with E-state index in [0.717, 1.165) is 52.2 Å². The smallest absolute Gasteiger partial charge is 0.344 e. The van der Waals surface area contributed by atoms with Crippen LogP contribution in [-0.4, -0.2) is 89.6 Å². The summed E-state index contributed by atoms with van der Waals surface area (Å²) in [7, 11) is 6.96. The summed E-state index contributed by atoms with van der Waals surface area (Å²) < 4.78 is 20.0. The lowest BCUT2D eigenvalue weighted by Gasteiger charge is -2.63. The summed E-state index contributed by atoms with van der Waals surface area (Å²) in [6.07, 6.45) is 6.03. The van der Waals surface area contributed by atoms with Crippen LogP contribution < -0.4 is 9.64 Å². The van der Waals surface area contributed by atoms with E-state index in [1.807, 2.05) is 61.5 Å². The number of carbonyl (C=O) groups excluding carboxylic acids is 2. The van der Waals surface area contributed by atoms with Gasteiger partial charge in [0.1, 0.15) is 5.75 Å². The molecule has 8 rings (SSSR count). The van der Waals surface area contributed by atoms with E-state index >= 15 is 0 Å². The van der Waals surface area contributed by atoms with E-state index in [2.05, 4.69) is 52.9 Å². The van der Waals surface area contributed by atoms with E-state index < -0.39 is 40.5 Å². The number of hydrogen-bond acceptors (Lipinski definition) is 9. The van der Waals surface area contributed by atoms with Crippen LogP contribution in [0.3, 0.4) is 0 Å². The minimum atomic E-state index is -2.19. The highest BCUT2D eigenvalue weighted by Crippen LogP contribution is 2.68. The predicted molar refractivity (Wildman–Crippen MR) is 189 cm³/mol. The molecule has 2 fully saturated rings. The fourth-order valence-electron chi connectivity index (χ4n) is 10.6. The zero-order valence-corrected chi connectivity index (χ0v) is 29.4. The first kappa shape index (κ1) is 32.5. The molecule has 1 spiro atoms.